The number of aryl methyl sites for hydroxylation is 2. The second-order valence-corrected chi connectivity index (χ2v) is 5.28. The molecule has 2 aromatic heterocycles. The number of hydrogen-bond donors (Lipinski definition) is 0. The van der Waals surface area contributed by atoms with Crippen molar-refractivity contribution in [2.24, 2.45) is 0 Å². The summed E-state index contributed by atoms with van der Waals surface area (Å²) in [6.45, 7) is 3.90. The highest BCUT2D eigenvalue weighted by Crippen LogP contribution is 2.25. The first-order valence-corrected chi connectivity index (χ1v) is 7.09. The van der Waals surface area contributed by atoms with Crippen LogP contribution in [-0.2, 0) is 6.42 Å². The molecule has 0 bridgehead atoms. The molecule has 0 atom stereocenters. The van der Waals surface area contributed by atoms with Gasteiger partial charge in [0.2, 0.25) is 0 Å². The molecule has 0 spiro atoms. The molecule has 3 aromatic rings. The minimum Gasteiger partial charge on any atom is -0.361 e. The molecule has 0 amide bonds. The van der Waals surface area contributed by atoms with Gasteiger partial charge in [-0.25, -0.2) is 0 Å². The van der Waals surface area contributed by atoms with Gasteiger partial charge in [0.15, 0.2) is 5.78 Å². The number of rotatable bonds is 4. The SMILES string of the molecule is Cc1cc(-c2cnoc2C)ccc1CC(=O)c1cccnc1. The summed E-state index contributed by atoms with van der Waals surface area (Å²) >= 11 is 0. The predicted molar refractivity (Wildman–Crippen MR) is 83.7 cm³/mol. The summed E-state index contributed by atoms with van der Waals surface area (Å²) < 4.78 is 5.10. The van der Waals surface area contributed by atoms with Crippen LogP contribution in [0.5, 0.6) is 0 Å². The van der Waals surface area contributed by atoms with Crippen LogP contribution in [0.2, 0.25) is 0 Å². The Bertz CT molecular complexity index is 807. The first kappa shape index (κ1) is 14.2. The van der Waals surface area contributed by atoms with Gasteiger partial charge in [-0.3, -0.25) is 9.78 Å². The molecule has 0 aliphatic carbocycles. The Labute approximate surface area is 128 Å². The van der Waals surface area contributed by atoms with Gasteiger partial charge in [-0.1, -0.05) is 23.4 Å². The maximum Gasteiger partial charge on any atom is 0.168 e. The summed E-state index contributed by atoms with van der Waals surface area (Å²) in [5, 5.41) is 3.80. The summed E-state index contributed by atoms with van der Waals surface area (Å²) in [5.41, 5.74) is 4.77. The maximum absolute atomic E-state index is 12.3. The fourth-order valence-corrected chi connectivity index (χ4v) is 2.44. The highest BCUT2D eigenvalue weighted by molar-refractivity contribution is 5.97. The van der Waals surface area contributed by atoms with Gasteiger partial charge in [0.05, 0.1) is 6.20 Å². The summed E-state index contributed by atoms with van der Waals surface area (Å²) in [6, 6.07) is 9.62. The van der Waals surface area contributed by atoms with Crippen molar-refractivity contribution in [1.82, 2.24) is 10.1 Å². The highest BCUT2D eigenvalue weighted by Gasteiger charge is 2.11. The van der Waals surface area contributed by atoms with Crippen LogP contribution in [0, 0.1) is 13.8 Å². The standard InChI is InChI=1S/C18H16N2O2/c1-12-8-15(17-11-20-22-13(17)2)6-5-14(12)9-18(21)16-4-3-7-19-10-16/h3-8,10-11H,9H2,1-2H3. The van der Waals surface area contributed by atoms with E-state index in [1.807, 2.05) is 26.0 Å². The van der Waals surface area contributed by atoms with Crippen molar-refractivity contribution in [3.63, 3.8) is 0 Å². The van der Waals surface area contributed by atoms with E-state index in [1.165, 1.54) is 0 Å². The van der Waals surface area contributed by atoms with Gasteiger partial charge in [0.1, 0.15) is 5.76 Å². The molecule has 0 saturated heterocycles. The highest BCUT2D eigenvalue weighted by atomic mass is 16.5. The first-order chi connectivity index (χ1) is 10.6. The molecule has 0 aliphatic heterocycles. The van der Waals surface area contributed by atoms with Crippen LogP contribution in [0.1, 0.15) is 27.2 Å². The van der Waals surface area contributed by atoms with Crippen LogP contribution < -0.4 is 0 Å². The largest absolute Gasteiger partial charge is 0.361 e. The summed E-state index contributed by atoms with van der Waals surface area (Å²) in [7, 11) is 0. The van der Waals surface area contributed by atoms with Gasteiger partial charge in [-0.05, 0) is 42.7 Å². The zero-order valence-electron chi connectivity index (χ0n) is 12.5. The minimum atomic E-state index is 0.0742. The molecule has 1 aromatic carbocycles. The molecule has 4 nitrogen and oxygen atoms in total. The fraction of sp³-hybridized carbons (Fsp3) is 0.167. The Kier molecular flexibility index (Phi) is 3.83. The summed E-state index contributed by atoms with van der Waals surface area (Å²) in [6.07, 6.45) is 5.36. The van der Waals surface area contributed by atoms with Crippen molar-refractivity contribution in [3.05, 3.63) is 71.4 Å². The van der Waals surface area contributed by atoms with Crippen molar-refractivity contribution >= 4 is 5.78 Å². The molecule has 0 unspecified atom stereocenters. The van der Waals surface area contributed by atoms with Crippen LogP contribution in [0.4, 0.5) is 0 Å². The number of ketones is 1. The molecule has 110 valence electrons. The molecule has 0 saturated carbocycles. The number of Topliss-reactive ketones (excluding diaryl/α,β-unsaturated/α-hetero) is 1. The Hall–Kier alpha value is -2.75. The number of hydrogen-bond acceptors (Lipinski definition) is 4. The van der Waals surface area contributed by atoms with E-state index in [2.05, 4.69) is 16.2 Å². The lowest BCUT2D eigenvalue weighted by Gasteiger charge is -2.08. The fourth-order valence-electron chi connectivity index (χ4n) is 2.44. The van der Waals surface area contributed by atoms with E-state index in [4.69, 9.17) is 4.52 Å². The van der Waals surface area contributed by atoms with Gasteiger partial charge >= 0.3 is 0 Å². The quantitative estimate of drug-likeness (QED) is 0.687. The third kappa shape index (κ3) is 2.81. The molecule has 0 aliphatic rings. The zero-order valence-corrected chi connectivity index (χ0v) is 12.5. The number of nitrogens with zero attached hydrogens (tertiary/aromatic N) is 2. The zero-order chi connectivity index (χ0) is 15.5. The topological polar surface area (TPSA) is 56.0 Å². The van der Waals surface area contributed by atoms with Crippen LogP contribution in [-0.4, -0.2) is 15.9 Å². The van der Waals surface area contributed by atoms with E-state index in [9.17, 15) is 4.79 Å². The average molecular weight is 292 g/mol. The Morgan fingerprint density at radius 1 is 1.18 bits per heavy atom. The molecular weight excluding hydrogens is 276 g/mol. The maximum atomic E-state index is 12.3. The third-order valence-electron chi connectivity index (χ3n) is 3.74. The normalized spacial score (nSPS) is 10.6. The Balaban J connectivity index is 1.84. The van der Waals surface area contributed by atoms with Gasteiger partial charge in [0.25, 0.3) is 0 Å². The van der Waals surface area contributed by atoms with Gasteiger partial charge < -0.3 is 4.52 Å². The Morgan fingerprint density at radius 2 is 2.05 bits per heavy atom. The molecule has 2 heterocycles. The molecule has 0 N–H and O–H groups in total. The van der Waals surface area contributed by atoms with Crippen molar-refractivity contribution in [2.75, 3.05) is 0 Å². The van der Waals surface area contributed by atoms with Crippen molar-refractivity contribution in [3.8, 4) is 11.1 Å². The smallest absolute Gasteiger partial charge is 0.168 e. The lowest BCUT2D eigenvalue weighted by atomic mass is 9.96. The van der Waals surface area contributed by atoms with Crippen LogP contribution in [0.25, 0.3) is 11.1 Å². The van der Waals surface area contributed by atoms with Gasteiger partial charge in [-0.15, -0.1) is 0 Å². The summed E-state index contributed by atoms with van der Waals surface area (Å²) in [4.78, 5) is 16.3. The van der Waals surface area contributed by atoms with E-state index in [-0.39, 0.29) is 5.78 Å². The summed E-state index contributed by atoms with van der Waals surface area (Å²) in [5.74, 6) is 0.865. The molecule has 0 fully saturated rings. The van der Waals surface area contributed by atoms with Crippen LogP contribution in [0.15, 0.2) is 53.4 Å². The van der Waals surface area contributed by atoms with E-state index < -0.39 is 0 Å². The van der Waals surface area contributed by atoms with E-state index in [0.717, 1.165) is 28.0 Å². The second kappa shape index (κ2) is 5.93. The van der Waals surface area contributed by atoms with Gasteiger partial charge in [-0.2, -0.15) is 0 Å². The molecule has 3 rings (SSSR count). The first-order valence-electron chi connectivity index (χ1n) is 7.09. The molecule has 22 heavy (non-hydrogen) atoms. The van der Waals surface area contributed by atoms with E-state index in [0.29, 0.717) is 12.0 Å². The molecule has 4 heteroatoms. The molecular formula is C18H16N2O2. The second-order valence-electron chi connectivity index (χ2n) is 5.28. The number of pyridine rings is 1. The average Bonchev–Trinajstić information content (AvgIpc) is 2.96. The monoisotopic (exact) mass is 292 g/mol. The number of aromatic nitrogens is 2. The third-order valence-corrected chi connectivity index (χ3v) is 3.74. The van der Waals surface area contributed by atoms with Crippen molar-refractivity contribution in [2.45, 2.75) is 20.3 Å². The van der Waals surface area contributed by atoms with Crippen molar-refractivity contribution < 1.29 is 9.32 Å². The van der Waals surface area contributed by atoms with Crippen LogP contribution >= 0.6 is 0 Å². The Morgan fingerprint density at radius 3 is 2.68 bits per heavy atom. The lowest BCUT2D eigenvalue weighted by molar-refractivity contribution is 0.0992. The van der Waals surface area contributed by atoms with E-state index >= 15 is 0 Å². The van der Waals surface area contributed by atoms with Crippen molar-refractivity contribution in [1.29, 1.82) is 0 Å². The predicted octanol–water partition coefficient (Wildman–Crippen LogP) is 3.78. The number of benzene rings is 1. The van der Waals surface area contributed by atoms with Crippen LogP contribution in [0.3, 0.4) is 0 Å². The number of carbonyl (C=O) groups is 1. The molecule has 0 radical (unpaired) electrons. The van der Waals surface area contributed by atoms with E-state index in [1.54, 1.807) is 30.7 Å². The lowest BCUT2D eigenvalue weighted by Crippen LogP contribution is -2.05. The minimum absolute atomic E-state index is 0.0742. The number of carbonyl (C=O) groups excluding carboxylic acids is 1. The van der Waals surface area contributed by atoms with Gasteiger partial charge in [0, 0.05) is 29.9 Å².